The van der Waals surface area contributed by atoms with Gasteiger partial charge in [-0.15, -0.1) is 11.3 Å². The van der Waals surface area contributed by atoms with E-state index in [1.54, 1.807) is 0 Å². The van der Waals surface area contributed by atoms with Crippen molar-refractivity contribution in [3.63, 3.8) is 0 Å². The summed E-state index contributed by atoms with van der Waals surface area (Å²) in [4.78, 5) is 22.1. The minimum atomic E-state index is 0.136. The normalized spacial score (nSPS) is 14.7. The van der Waals surface area contributed by atoms with Crippen LogP contribution >= 0.6 is 22.9 Å². The SMILES string of the molecule is Cc1ccc(Cc2nsc(N3CCN(C(=O)c4cccs4)CC3)n2)cc1. The van der Waals surface area contributed by atoms with Gasteiger partial charge in [0, 0.05) is 44.1 Å². The Hall–Kier alpha value is -2.25. The third-order valence-corrected chi connectivity index (χ3v) is 6.18. The van der Waals surface area contributed by atoms with Crippen LogP contribution in [0.2, 0.25) is 0 Å². The van der Waals surface area contributed by atoms with Crippen molar-refractivity contribution in [2.24, 2.45) is 0 Å². The maximum atomic E-state index is 12.4. The summed E-state index contributed by atoms with van der Waals surface area (Å²) in [6.07, 6.45) is 0.758. The summed E-state index contributed by atoms with van der Waals surface area (Å²) in [7, 11) is 0. The molecule has 0 bridgehead atoms. The van der Waals surface area contributed by atoms with Crippen LogP contribution in [-0.2, 0) is 6.42 Å². The van der Waals surface area contributed by atoms with E-state index in [0.717, 1.165) is 48.4 Å². The number of carbonyl (C=O) groups excluding carboxylic acids is 1. The van der Waals surface area contributed by atoms with Gasteiger partial charge < -0.3 is 9.80 Å². The van der Waals surface area contributed by atoms with Gasteiger partial charge in [0.1, 0.15) is 5.82 Å². The fourth-order valence-corrected chi connectivity index (χ4v) is 4.42. The number of hydrogen-bond donors (Lipinski definition) is 0. The van der Waals surface area contributed by atoms with Crippen LogP contribution in [0.3, 0.4) is 0 Å². The molecule has 3 heterocycles. The molecule has 5 nitrogen and oxygen atoms in total. The molecule has 0 saturated carbocycles. The Balaban J connectivity index is 1.35. The number of carbonyl (C=O) groups is 1. The average molecular weight is 385 g/mol. The van der Waals surface area contributed by atoms with Gasteiger partial charge in [-0.25, -0.2) is 4.98 Å². The van der Waals surface area contributed by atoms with Gasteiger partial charge in [0.2, 0.25) is 5.13 Å². The zero-order chi connectivity index (χ0) is 17.9. The van der Waals surface area contributed by atoms with Gasteiger partial charge in [0.15, 0.2) is 0 Å². The molecule has 0 radical (unpaired) electrons. The maximum absolute atomic E-state index is 12.4. The number of rotatable bonds is 4. The molecule has 1 aromatic carbocycles. The van der Waals surface area contributed by atoms with Crippen LogP contribution in [0.25, 0.3) is 0 Å². The smallest absolute Gasteiger partial charge is 0.264 e. The van der Waals surface area contributed by atoms with Gasteiger partial charge in [0.05, 0.1) is 4.88 Å². The van der Waals surface area contributed by atoms with Gasteiger partial charge in [-0.3, -0.25) is 4.79 Å². The highest BCUT2D eigenvalue weighted by Gasteiger charge is 2.24. The molecule has 7 heteroatoms. The van der Waals surface area contributed by atoms with E-state index in [1.165, 1.54) is 34.0 Å². The van der Waals surface area contributed by atoms with E-state index >= 15 is 0 Å². The highest BCUT2D eigenvalue weighted by Crippen LogP contribution is 2.22. The largest absolute Gasteiger partial charge is 0.343 e. The highest BCUT2D eigenvalue weighted by molar-refractivity contribution is 7.12. The fourth-order valence-electron chi connectivity index (χ4n) is 2.99. The summed E-state index contributed by atoms with van der Waals surface area (Å²) in [6.45, 7) is 5.14. The van der Waals surface area contributed by atoms with Crippen molar-refractivity contribution in [3.05, 3.63) is 63.6 Å². The standard InChI is InChI=1S/C19H20N4OS2/c1-14-4-6-15(7-5-14)13-17-20-19(26-21-17)23-10-8-22(9-11-23)18(24)16-3-2-12-25-16/h2-7,12H,8-11,13H2,1H3. The van der Waals surface area contributed by atoms with E-state index in [4.69, 9.17) is 4.98 Å². The molecular formula is C19H20N4OS2. The second-order valence-corrected chi connectivity index (χ2v) is 8.09. The predicted octanol–water partition coefficient (Wildman–Crippen LogP) is 3.46. The molecule has 0 spiro atoms. The first-order valence-corrected chi connectivity index (χ1v) is 10.3. The van der Waals surface area contributed by atoms with Crippen molar-refractivity contribution >= 4 is 33.9 Å². The lowest BCUT2D eigenvalue weighted by Crippen LogP contribution is -2.48. The Labute approximate surface area is 161 Å². The summed E-state index contributed by atoms with van der Waals surface area (Å²) in [5.74, 6) is 1.00. The van der Waals surface area contributed by atoms with E-state index in [1.807, 2.05) is 22.4 Å². The van der Waals surface area contributed by atoms with Gasteiger partial charge in [-0.2, -0.15) is 4.37 Å². The molecule has 2 aromatic heterocycles. The lowest BCUT2D eigenvalue weighted by molar-refractivity contribution is 0.0751. The summed E-state index contributed by atoms with van der Waals surface area (Å²) in [6, 6.07) is 12.3. The molecule has 134 valence electrons. The predicted molar refractivity (Wildman–Crippen MR) is 106 cm³/mol. The number of aromatic nitrogens is 2. The molecule has 1 saturated heterocycles. The minimum Gasteiger partial charge on any atom is -0.343 e. The van der Waals surface area contributed by atoms with E-state index in [0.29, 0.717) is 0 Å². The summed E-state index contributed by atoms with van der Waals surface area (Å²) >= 11 is 2.95. The van der Waals surface area contributed by atoms with Crippen molar-refractivity contribution < 1.29 is 4.79 Å². The summed E-state index contributed by atoms with van der Waals surface area (Å²) in [5.41, 5.74) is 2.49. The number of nitrogens with zero attached hydrogens (tertiary/aromatic N) is 4. The topological polar surface area (TPSA) is 49.3 Å². The Morgan fingerprint density at radius 3 is 2.58 bits per heavy atom. The minimum absolute atomic E-state index is 0.136. The Kier molecular flexibility index (Phi) is 4.99. The van der Waals surface area contributed by atoms with E-state index in [-0.39, 0.29) is 5.91 Å². The fraction of sp³-hybridized carbons (Fsp3) is 0.316. The second kappa shape index (κ2) is 7.55. The van der Waals surface area contributed by atoms with Gasteiger partial charge in [0.25, 0.3) is 5.91 Å². The van der Waals surface area contributed by atoms with Crippen LogP contribution < -0.4 is 4.90 Å². The molecule has 4 rings (SSSR count). The molecule has 3 aromatic rings. The highest BCUT2D eigenvalue weighted by atomic mass is 32.1. The van der Waals surface area contributed by atoms with Crippen molar-refractivity contribution in [2.75, 3.05) is 31.1 Å². The Bertz CT molecular complexity index is 865. The molecule has 1 amide bonds. The third kappa shape index (κ3) is 3.78. The van der Waals surface area contributed by atoms with Crippen molar-refractivity contribution in [1.82, 2.24) is 14.3 Å². The number of amides is 1. The number of piperazine rings is 1. The molecule has 0 aliphatic carbocycles. The van der Waals surface area contributed by atoms with Crippen LogP contribution in [-0.4, -0.2) is 46.3 Å². The van der Waals surface area contributed by atoms with Crippen LogP contribution in [0.5, 0.6) is 0 Å². The third-order valence-electron chi connectivity index (χ3n) is 4.51. The van der Waals surface area contributed by atoms with E-state index in [2.05, 4.69) is 40.5 Å². The van der Waals surface area contributed by atoms with Crippen molar-refractivity contribution in [3.8, 4) is 0 Å². The van der Waals surface area contributed by atoms with Crippen LogP contribution in [0.15, 0.2) is 41.8 Å². The van der Waals surface area contributed by atoms with E-state index in [9.17, 15) is 4.79 Å². The Morgan fingerprint density at radius 1 is 1.12 bits per heavy atom. The molecular weight excluding hydrogens is 364 g/mol. The first-order chi connectivity index (χ1) is 12.7. The molecule has 0 atom stereocenters. The second-order valence-electron chi connectivity index (χ2n) is 6.41. The maximum Gasteiger partial charge on any atom is 0.264 e. The molecule has 0 N–H and O–H groups in total. The molecule has 1 aliphatic heterocycles. The van der Waals surface area contributed by atoms with E-state index < -0.39 is 0 Å². The quantitative estimate of drug-likeness (QED) is 0.691. The summed E-state index contributed by atoms with van der Waals surface area (Å²) in [5, 5.41) is 2.90. The van der Waals surface area contributed by atoms with Crippen molar-refractivity contribution in [2.45, 2.75) is 13.3 Å². The number of anilines is 1. The zero-order valence-corrected chi connectivity index (χ0v) is 16.2. The number of benzene rings is 1. The first-order valence-electron chi connectivity index (χ1n) is 8.65. The monoisotopic (exact) mass is 384 g/mol. The van der Waals surface area contributed by atoms with Gasteiger partial charge in [-0.05, 0) is 23.9 Å². The molecule has 0 unspecified atom stereocenters. The van der Waals surface area contributed by atoms with Crippen LogP contribution in [0, 0.1) is 6.92 Å². The van der Waals surface area contributed by atoms with Crippen LogP contribution in [0.4, 0.5) is 5.13 Å². The Morgan fingerprint density at radius 2 is 1.88 bits per heavy atom. The molecule has 1 fully saturated rings. The lowest BCUT2D eigenvalue weighted by atomic mass is 10.1. The molecule has 26 heavy (non-hydrogen) atoms. The average Bonchev–Trinajstić information content (AvgIpc) is 3.35. The lowest BCUT2D eigenvalue weighted by Gasteiger charge is -2.34. The zero-order valence-electron chi connectivity index (χ0n) is 14.6. The van der Waals surface area contributed by atoms with Crippen LogP contribution in [0.1, 0.15) is 26.6 Å². The number of hydrogen-bond acceptors (Lipinski definition) is 6. The number of thiophene rings is 1. The van der Waals surface area contributed by atoms with Gasteiger partial charge >= 0.3 is 0 Å². The first kappa shape index (κ1) is 17.2. The van der Waals surface area contributed by atoms with Gasteiger partial charge in [-0.1, -0.05) is 35.9 Å². The number of aryl methyl sites for hydroxylation is 1. The summed E-state index contributed by atoms with van der Waals surface area (Å²) < 4.78 is 4.51. The molecule has 1 aliphatic rings. The van der Waals surface area contributed by atoms with Crippen molar-refractivity contribution in [1.29, 1.82) is 0 Å².